The van der Waals surface area contributed by atoms with Crippen molar-refractivity contribution in [3.63, 3.8) is 0 Å². The Morgan fingerprint density at radius 3 is 2.04 bits per heavy atom. The summed E-state index contributed by atoms with van der Waals surface area (Å²) in [7, 11) is 4.56. The van der Waals surface area contributed by atoms with Crippen LogP contribution in [0.3, 0.4) is 0 Å². The number of carbonyl (C=O) groups excluding carboxylic acids is 1. The second kappa shape index (κ2) is 10.0. The molecule has 0 saturated carbocycles. The van der Waals surface area contributed by atoms with Gasteiger partial charge in [-0.3, -0.25) is 4.79 Å². The summed E-state index contributed by atoms with van der Waals surface area (Å²) in [5, 5.41) is 9.75. The van der Waals surface area contributed by atoms with Crippen LogP contribution in [-0.2, 0) is 9.53 Å². The minimum atomic E-state index is -0.191. The van der Waals surface area contributed by atoms with E-state index >= 15 is 0 Å². The van der Waals surface area contributed by atoms with Crippen LogP contribution in [0.5, 0.6) is 23.0 Å². The number of allylic oxidation sites excluding steroid dienone is 2. The van der Waals surface area contributed by atoms with Crippen LogP contribution in [0.2, 0.25) is 0 Å². The number of carbonyl (C=O) groups is 1. The third kappa shape index (κ3) is 5.90. The van der Waals surface area contributed by atoms with Crippen molar-refractivity contribution in [2.45, 2.75) is 0 Å². The maximum Gasteiger partial charge on any atom is 0.188 e. The van der Waals surface area contributed by atoms with Gasteiger partial charge in [-0.1, -0.05) is 24.3 Å². The van der Waals surface area contributed by atoms with Crippen molar-refractivity contribution in [3.8, 4) is 23.0 Å². The molecule has 2 aromatic carbocycles. The summed E-state index contributed by atoms with van der Waals surface area (Å²) in [6.45, 7) is 0.121. The first kappa shape index (κ1) is 20.1. The van der Waals surface area contributed by atoms with Crippen molar-refractivity contribution in [2.75, 3.05) is 28.1 Å². The van der Waals surface area contributed by atoms with Gasteiger partial charge in [0.2, 0.25) is 0 Å². The topological polar surface area (TPSA) is 74.2 Å². The quantitative estimate of drug-likeness (QED) is 0.536. The van der Waals surface area contributed by atoms with Crippen LogP contribution in [0.4, 0.5) is 0 Å². The third-order valence-corrected chi connectivity index (χ3v) is 3.60. The van der Waals surface area contributed by atoms with Crippen molar-refractivity contribution in [1.29, 1.82) is 0 Å². The predicted octanol–water partition coefficient (Wildman–Crippen LogP) is 3.69. The van der Waals surface area contributed by atoms with Gasteiger partial charge in [-0.2, -0.15) is 0 Å². The number of rotatable bonds is 9. The highest BCUT2D eigenvalue weighted by Gasteiger charge is 2.05. The number of benzene rings is 2. The molecule has 142 valence electrons. The van der Waals surface area contributed by atoms with Gasteiger partial charge in [0.05, 0.1) is 14.2 Å². The largest absolute Gasteiger partial charge is 0.504 e. The minimum Gasteiger partial charge on any atom is -0.504 e. The molecule has 0 amide bonds. The average molecular weight is 370 g/mol. The zero-order valence-corrected chi connectivity index (χ0v) is 15.5. The molecular formula is C21H22O6. The maximum absolute atomic E-state index is 12.0. The average Bonchev–Trinajstić information content (AvgIpc) is 2.69. The Morgan fingerprint density at radius 2 is 1.48 bits per heavy atom. The standard InChI is InChI=1S/C21H22O6/c1-24-14-27-20-11-7-16(13-21(20)26-3)5-9-17(22)8-4-15-6-10-19(25-2)18(23)12-15/h4-13,23H,14H2,1-3H3/b8-4+,9-5+. The van der Waals surface area contributed by atoms with Gasteiger partial charge < -0.3 is 24.1 Å². The van der Waals surface area contributed by atoms with Crippen molar-refractivity contribution < 1.29 is 28.8 Å². The fourth-order valence-corrected chi connectivity index (χ4v) is 2.25. The van der Waals surface area contributed by atoms with Gasteiger partial charge in [-0.05, 0) is 47.5 Å². The fraction of sp³-hybridized carbons (Fsp3) is 0.190. The predicted molar refractivity (Wildman–Crippen MR) is 103 cm³/mol. The highest BCUT2D eigenvalue weighted by atomic mass is 16.7. The van der Waals surface area contributed by atoms with E-state index in [4.69, 9.17) is 18.9 Å². The molecule has 27 heavy (non-hydrogen) atoms. The van der Waals surface area contributed by atoms with Crippen LogP contribution in [0.15, 0.2) is 48.6 Å². The highest BCUT2D eigenvalue weighted by molar-refractivity contribution is 6.04. The Hall–Kier alpha value is -3.25. The smallest absolute Gasteiger partial charge is 0.188 e. The zero-order chi connectivity index (χ0) is 19.6. The molecule has 0 unspecified atom stereocenters. The summed E-state index contributed by atoms with van der Waals surface area (Å²) in [6.07, 6.45) is 6.17. The molecule has 0 saturated heterocycles. The number of ether oxygens (including phenoxy) is 4. The van der Waals surface area contributed by atoms with Crippen LogP contribution in [0, 0.1) is 0 Å². The van der Waals surface area contributed by atoms with Crippen molar-refractivity contribution >= 4 is 17.9 Å². The Labute approximate surface area is 158 Å². The summed E-state index contributed by atoms with van der Waals surface area (Å²) in [5.74, 6) is 1.31. The zero-order valence-electron chi connectivity index (χ0n) is 15.5. The van der Waals surface area contributed by atoms with Crippen molar-refractivity contribution in [3.05, 3.63) is 59.7 Å². The molecule has 0 aromatic heterocycles. The number of hydrogen-bond donors (Lipinski definition) is 1. The monoisotopic (exact) mass is 370 g/mol. The molecule has 0 aliphatic heterocycles. The molecule has 6 nitrogen and oxygen atoms in total. The van der Waals surface area contributed by atoms with Crippen LogP contribution in [-0.4, -0.2) is 39.0 Å². The first-order valence-electron chi connectivity index (χ1n) is 8.14. The van der Waals surface area contributed by atoms with E-state index in [-0.39, 0.29) is 18.3 Å². The molecule has 6 heteroatoms. The molecule has 0 spiro atoms. The van der Waals surface area contributed by atoms with E-state index in [1.165, 1.54) is 32.4 Å². The van der Waals surface area contributed by atoms with Gasteiger partial charge in [0.15, 0.2) is 35.6 Å². The van der Waals surface area contributed by atoms with Crippen LogP contribution in [0.1, 0.15) is 11.1 Å². The molecule has 0 fully saturated rings. The number of ketones is 1. The van der Waals surface area contributed by atoms with Crippen molar-refractivity contribution in [2.24, 2.45) is 0 Å². The fourth-order valence-electron chi connectivity index (χ4n) is 2.25. The van der Waals surface area contributed by atoms with Gasteiger partial charge in [-0.15, -0.1) is 0 Å². The van der Waals surface area contributed by atoms with Gasteiger partial charge in [0.25, 0.3) is 0 Å². The van der Waals surface area contributed by atoms with E-state index in [1.807, 2.05) is 6.07 Å². The number of phenolic OH excluding ortho intramolecular Hbond substituents is 1. The molecule has 1 N–H and O–H groups in total. The molecule has 0 bridgehead atoms. The van der Waals surface area contributed by atoms with E-state index < -0.39 is 0 Å². The maximum atomic E-state index is 12.0. The Balaban J connectivity index is 2.04. The Morgan fingerprint density at radius 1 is 0.889 bits per heavy atom. The summed E-state index contributed by atoms with van der Waals surface area (Å²) in [4.78, 5) is 12.0. The summed E-state index contributed by atoms with van der Waals surface area (Å²) < 4.78 is 20.5. The van der Waals surface area contributed by atoms with Crippen LogP contribution in [0.25, 0.3) is 12.2 Å². The molecule has 0 atom stereocenters. The molecule has 0 aliphatic rings. The van der Waals surface area contributed by atoms with Gasteiger partial charge in [0.1, 0.15) is 0 Å². The molecule has 0 aliphatic carbocycles. The van der Waals surface area contributed by atoms with E-state index in [0.717, 1.165) is 5.56 Å². The van der Waals surface area contributed by atoms with E-state index in [0.29, 0.717) is 22.8 Å². The normalized spacial score (nSPS) is 11.1. The first-order valence-corrected chi connectivity index (χ1v) is 8.14. The summed E-state index contributed by atoms with van der Waals surface area (Å²) in [5.41, 5.74) is 1.48. The molecule has 0 radical (unpaired) electrons. The molecular weight excluding hydrogens is 348 g/mol. The minimum absolute atomic E-state index is 0.0190. The summed E-state index contributed by atoms with van der Waals surface area (Å²) in [6, 6.07) is 10.2. The first-order chi connectivity index (χ1) is 13.1. The SMILES string of the molecule is COCOc1ccc(/C=C/C(=O)/C=C/c2ccc(OC)c(O)c2)cc1OC. The second-order valence-electron chi connectivity index (χ2n) is 5.46. The van der Waals surface area contributed by atoms with Gasteiger partial charge >= 0.3 is 0 Å². The lowest BCUT2D eigenvalue weighted by Gasteiger charge is -2.10. The number of aromatic hydroxyl groups is 1. The van der Waals surface area contributed by atoms with Gasteiger partial charge in [0, 0.05) is 7.11 Å². The highest BCUT2D eigenvalue weighted by Crippen LogP contribution is 2.29. The molecule has 2 aromatic rings. The van der Waals surface area contributed by atoms with Crippen molar-refractivity contribution in [1.82, 2.24) is 0 Å². The summed E-state index contributed by atoms with van der Waals surface area (Å²) >= 11 is 0. The van der Waals surface area contributed by atoms with Gasteiger partial charge in [-0.25, -0.2) is 0 Å². The van der Waals surface area contributed by atoms with E-state index in [9.17, 15) is 9.90 Å². The number of hydrogen-bond acceptors (Lipinski definition) is 6. The Kier molecular flexibility index (Phi) is 7.46. The van der Waals surface area contributed by atoms with Crippen LogP contribution < -0.4 is 14.2 Å². The molecule has 2 rings (SSSR count). The van der Waals surface area contributed by atoms with Crippen LogP contribution >= 0.6 is 0 Å². The lowest BCUT2D eigenvalue weighted by atomic mass is 10.1. The second-order valence-corrected chi connectivity index (χ2v) is 5.46. The third-order valence-electron chi connectivity index (χ3n) is 3.60. The number of phenols is 1. The molecule has 0 heterocycles. The van der Waals surface area contributed by atoms with E-state index in [2.05, 4.69) is 0 Å². The lowest BCUT2D eigenvalue weighted by Crippen LogP contribution is -2.00. The Bertz CT molecular complexity index is 839. The van der Waals surface area contributed by atoms with E-state index in [1.54, 1.807) is 43.5 Å². The number of methoxy groups -OCH3 is 3. The lowest BCUT2D eigenvalue weighted by molar-refractivity contribution is -0.110.